The molecule has 4 aromatic rings. The first-order chi connectivity index (χ1) is 13.7. The van der Waals surface area contributed by atoms with Gasteiger partial charge in [-0.3, -0.25) is 5.10 Å². The van der Waals surface area contributed by atoms with Crippen LogP contribution >= 0.6 is 35.3 Å². The van der Waals surface area contributed by atoms with E-state index in [-0.39, 0.29) is 12.4 Å². The predicted octanol–water partition coefficient (Wildman–Crippen LogP) is 4.79. The molecule has 3 aromatic heterocycles. The van der Waals surface area contributed by atoms with E-state index in [1.165, 1.54) is 11.3 Å². The molecule has 0 atom stereocenters. The number of piperazine rings is 1. The summed E-state index contributed by atoms with van der Waals surface area (Å²) in [5, 5.41) is 11.4. The summed E-state index contributed by atoms with van der Waals surface area (Å²) < 4.78 is 0. The van der Waals surface area contributed by atoms with E-state index in [2.05, 4.69) is 60.5 Å². The monoisotopic (exact) mass is 446 g/mol. The molecule has 1 aliphatic rings. The molecule has 1 N–H and O–H groups in total. The van der Waals surface area contributed by atoms with E-state index < -0.39 is 0 Å². The summed E-state index contributed by atoms with van der Waals surface area (Å²) >= 11 is 7.89. The van der Waals surface area contributed by atoms with Crippen molar-refractivity contribution in [3.8, 4) is 10.6 Å². The highest BCUT2D eigenvalue weighted by atomic mass is 35.5. The van der Waals surface area contributed by atoms with Crippen LogP contribution in [0.15, 0.2) is 42.0 Å². The van der Waals surface area contributed by atoms with Crippen LogP contribution in [0.4, 0.5) is 11.5 Å². The molecule has 9 heteroatoms. The average molecular weight is 447 g/mol. The van der Waals surface area contributed by atoms with Crippen molar-refractivity contribution in [2.45, 2.75) is 6.92 Å². The summed E-state index contributed by atoms with van der Waals surface area (Å²) in [6.07, 6.45) is 1.61. The SMILES string of the molecule is Cc1ccc(Cl)cc1N1CCN(c2ncnc3[nH]nc(-c4cccs4)c23)CC1.Cl. The molecule has 1 saturated heterocycles. The van der Waals surface area contributed by atoms with E-state index in [9.17, 15) is 0 Å². The normalized spacial score (nSPS) is 14.3. The van der Waals surface area contributed by atoms with Crippen molar-refractivity contribution in [1.29, 1.82) is 0 Å². The number of rotatable bonds is 3. The molecule has 0 bridgehead atoms. The molecule has 1 fully saturated rings. The van der Waals surface area contributed by atoms with Crippen molar-refractivity contribution in [3.05, 3.63) is 52.6 Å². The van der Waals surface area contributed by atoms with E-state index in [1.807, 2.05) is 12.1 Å². The second-order valence-corrected chi connectivity index (χ2v) is 8.26. The number of aromatic amines is 1. The Balaban J connectivity index is 0.00000205. The number of aromatic nitrogens is 4. The van der Waals surface area contributed by atoms with Gasteiger partial charge >= 0.3 is 0 Å². The van der Waals surface area contributed by atoms with Gasteiger partial charge < -0.3 is 9.80 Å². The van der Waals surface area contributed by atoms with Gasteiger partial charge in [-0.05, 0) is 36.1 Å². The van der Waals surface area contributed by atoms with Crippen molar-refractivity contribution >= 4 is 57.9 Å². The summed E-state index contributed by atoms with van der Waals surface area (Å²) in [6, 6.07) is 10.2. The molecular formula is C20H20Cl2N6S. The lowest BCUT2D eigenvalue weighted by molar-refractivity contribution is 0.648. The number of anilines is 2. The zero-order chi connectivity index (χ0) is 19.1. The van der Waals surface area contributed by atoms with E-state index in [1.54, 1.807) is 17.7 Å². The molecule has 6 nitrogen and oxygen atoms in total. The van der Waals surface area contributed by atoms with Crippen molar-refractivity contribution in [2.24, 2.45) is 0 Å². The van der Waals surface area contributed by atoms with Crippen LogP contribution in [0.2, 0.25) is 5.02 Å². The van der Waals surface area contributed by atoms with Gasteiger partial charge in [0.05, 0.1) is 10.3 Å². The largest absolute Gasteiger partial charge is 0.368 e. The van der Waals surface area contributed by atoms with Crippen LogP contribution in [0.1, 0.15) is 5.56 Å². The van der Waals surface area contributed by atoms with Crippen LogP contribution in [0.5, 0.6) is 0 Å². The van der Waals surface area contributed by atoms with Crippen LogP contribution in [0.25, 0.3) is 21.6 Å². The number of thiophene rings is 1. The highest BCUT2D eigenvalue weighted by Crippen LogP contribution is 2.34. The first kappa shape index (κ1) is 19.9. The van der Waals surface area contributed by atoms with Gasteiger partial charge in [0.1, 0.15) is 17.8 Å². The fraction of sp³-hybridized carbons (Fsp3) is 0.250. The summed E-state index contributed by atoms with van der Waals surface area (Å²) in [5.74, 6) is 0.949. The highest BCUT2D eigenvalue weighted by Gasteiger charge is 2.24. The van der Waals surface area contributed by atoms with Gasteiger partial charge in [0.2, 0.25) is 0 Å². The van der Waals surface area contributed by atoms with Gasteiger partial charge in [0, 0.05) is 36.9 Å². The number of nitrogens with one attached hydrogen (secondary N) is 1. The standard InChI is InChI=1S/C20H19ClN6S.ClH/c1-13-4-5-14(21)11-15(13)26-6-8-27(9-7-26)20-17-18(16-3-2-10-28-16)24-25-19(17)22-12-23-20;/h2-5,10-12H,6-9H2,1H3,(H,22,23,24,25);1H. The predicted molar refractivity (Wildman–Crippen MR) is 123 cm³/mol. The minimum atomic E-state index is 0. The molecule has 0 radical (unpaired) electrons. The van der Waals surface area contributed by atoms with Crippen LogP contribution < -0.4 is 9.80 Å². The Kier molecular flexibility index (Phi) is 5.63. The van der Waals surface area contributed by atoms with Crippen LogP contribution in [0.3, 0.4) is 0 Å². The minimum absolute atomic E-state index is 0. The van der Waals surface area contributed by atoms with Crippen molar-refractivity contribution in [1.82, 2.24) is 20.2 Å². The van der Waals surface area contributed by atoms with Gasteiger partial charge in [-0.2, -0.15) is 5.10 Å². The molecule has 0 saturated carbocycles. The fourth-order valence-electron chi connectivity index (χ4n) is 3.76. The molecule has 29 heavy (non-hydrogen) atoms. The van der Waals surface area contributed by atoms with Crippen LogP contribution in [0, 0.1) is 6.92 Å². The Morgan fingerprint density at radius 3 is 2.62 bits per heavy atom. The zero-order valence-electron chi connectivity index (χ0n) is 15.8. The van der Waals surface area contributed by atoms with Crippen molar-refractivity contribution in [3.63, 3.8) is 0 Å². The molecule has 150 valence electrons. The Bertz CT molecular complexity index is 1120. The van der Waals surface area contributed by atoms with Crippen molar-refractivity contribution in [2.75, 3.05) is 36.0 Å². The average Bonchev–Trinajstić information content (AvgIpc) is 3.39. The minimum Gasteiger partial charge on any atom is -0.368 e. The molecule has 0 aliphatic carbocycles. The first-order valence-corrected chi connectivity index (χ1v) is 10.5. The zero-order valence-corrected chi connectivity index (χ0v) is 18.2. The second kappa shape index (κ2) is 8.18. The molecule has 0 spiro atoms. The molecule has 0 unspecified atom stereocenters. The molecule has 1 aromatic carbocycles. The number of fused-ring (bicyclic) bond motifs is 1. The number of nitrogens with zero attached hydrogens (tertiary/aromatic N) is 5. The third-order valence-electron chi connectivity index (χ3n) is 5.18. The maximum absolute atomic E-state index is 6.22. The first-order valence-electron chi connectivity index (χ1n) is 9.20. The third-order valence-corrected chi connectivity index (χ3v) is 6.29. The summed E-state index contributed by atoms with van der Waals surface area (Å²) in [6.45, 7) is 5.72. The van der Waals surface area contributed by atoms with Gasteiger partial charge in [0.25, 0.3) is 0 Å². The molecule has 4 heterocycles. The molecular weight excluding hydrogens is 427 g/mol. The summed E-state index contributed by atoms with van der Waals surface area (Å²) in [5.41, 5.74) is 4.16. The number of benzene rings is 1. The van der Waals surface area contributed by atoms with E-state index >= 15 is 0 Å². The van der Waals surface area contributed by atoms with Crippen LogP contribution in [-0.4, -0.2) is 46.3 Å². The lowest BCUT2D eigenvalue weighted by Crippen LogP contribution is -2.47. The van der Waals surface area contributed by atoms with E-state index in [4.69, 9.17) is 11.6 Å². The lowest BCUT2D eigenvalue weighted by Gasteiger charge is -2.37. The van der Waals surface area contributed by atoms with Gasteiger partial charge in [-0.1, -0.05) is 23.7 Å². The Labute approximate surface area is 183 Å². The Hall–Kier alpha value is -2.35. The number of hydrogen-bond acceptors (Lipinski definition) is 6. The van der Waals surface area contributed by atoms with Gasteiger partial charge in [0.15, 0.2) is 5.65 Å². The van der Waals surface area contributed by atoms with Crippen molar-refractivity contribution < 1.29 is 0 Å². The Morgan fingerprint density at radius 2 is 1.86 bits per heavy atom. The van der Waals surface area contributed by atoms with Crippen LogP contribution in [-0.2, 0) is 0 Å². The number of aryl methyl sites for hydroxylation is 1. The van der Waals surface area contributed by atoms with Gasteiger partial charge in [-0.15, -0.1) is 23.7 Å². The number of hydrogen-bond donors (Lipinski definition) is 1. The summed E-state index contributed by atoms with van der Waals surface area (Å²) in [7, 11) is 0. The maximum Gasteiger partial charge on any atom is 0.161 e. The third kappa shape index (κ3) is 3.66. The smallest absolute Gasteiger partial charge is 0.161 e. The van der Waals surface area contributed by atoms with E-state index in [0.717, 1.165) is 58.6 Å². The number of halogens is 2. The number of H-pyrrole nitrogens is 1. The molecule has 0 amide bonds. The highest BCUT2D eigenvalue weighted by molar-refractivity contribution is 7.13. The Morgan fingerprint density at radius 1 is 1.07 bits per heavy atom. The molecule has 1 aliphatic heterocycles. The second-order valence-electron chi connectivity index (χ2n) is 6.88. The summed E-state index contributed by atoms with van der Waals surface area (Å²) in [4.78, 5) is 14.8. The van der Waals surface area contributed by atoms with Gasteiger partial charge in [-0.25, -0.2) is 9.97 Å². The van der Waals surface area contributed by atoms with E-state index in [0.29, 0.717) is 0 Å². The lowest BCUT2D eigenvalue weighted by atomic mass is 10.1. The quantitative estimate of drug-likeness (QED) is 0.489. The topological polar surface area (TPSA) is 60.9 Å². The molecule has 5 rings (SSSR count). The maximum atomic E-state index is 6.22. The fourth-order valence-corrected chi connectivity index (χ4v) is 4.64.